The van der Waals surface area contributed by atoms with E-state index in [-0.39, 0.29) is 43.4 Å². The molecule has 4 atom stereocenters. The van der Waals surface area contributed by atoms with Crippen molar-refractivity contribution in [2.75, 3.05) is 18.8 Å². The van der Waals surface area contributed by atoms with Gasteiger partial charge in [-0.25, -0.2) is 9.59 Å². The summed E-state index contributed by atoms with van der Waals surface area (Å²) in [4.78, 5) is 70.9. The van der Waals surface area contributed by atoms with Gasteiger partial charge >= 0.3 is 12.0 Å². The average Bonchev–Trinajstić information content (AvgIpc) is 3.46. The number of urea groups is 1. The fraction of sp³-hybridized carbons (Fsp3) is 0.636. The van der Waals surface area contributed by atoms with Crippen molar-refractivity contribution in [2.24, 2.45) is 0 Å². The number of hydrogen-bond acceptors (Lipinski definition) is 7. The molecular weight excluding hydrogens is 478 g/mol. The van der Waals surface area contributed by atoms with E-state index in [1.165, 1.54) is 0 Å². The van der Waals surface area contributed by atoms with Gasteiger partial charge in [-0.3, -0.25) is 24.1 Å². The largest absolute Gasteiger partial charge is 0.480 e. The van der Waals surface area contributed by atoms with Crippen LogP contribution >= 0.6 is 11.8 Å². The number of fused-ring (bicyclic) bond motifs is 1. The number of unbranched alkanes of at least 4 members (excludes halogenated alkanes) is 1. The molecule has 13 heteroatoms. The third-order valence-electron chi connectivity index (χ3n) is 6.17. The van der Waals surface area contributed by atoms with Crippen molar-refractivity contribution in [1.82, 2.24) is 26.2 Å². The number of carbonyl (C=O) groups is 6. The highest BCUT2D eigenvalue weighted by Gasteiger charge is 2.42. The lowest BCUT2D eigenvalue weighted by molar-refractivity contribution is -0.143. The van der Waals surface area contributed by atoms with Gasteiger partial charge in [-0.15, -0.1) is 0 Å². The first kappa shape index (κ1) is 26.5. The van der Waals surface area contributed by atoms with Crippen LogP contribution in [0.4, 0.5) is 4.79 Å². The molecule has 0 spiro atoms. The average molecular weight is 510 g/mol. The number of carbonyl (C=O) groups excluding carboxylic acids is 5. The predicted octanol–water partition coefficient (Wildman–Crippen LogP) is -0.507. The second-order valence-electron chi connectivity index (χ2n) is 8.73. The molecule has 0 bridgehead atoms. The molecule has 0 aromatic rings. The molecule has 1 unspecified atom stereocenters. The molecule has 3 heterocycles. The van der Waals surface area contributed by atoms with E-state index in [0.717, 1.165) is 42.1 Å². The maximum absolute atomic E-state index is 12.1. The Balaban J connectivity index is 1.24. The Morgan fingerprint density at radius 2 is 1.80 bits per heavy atom. The van der Waals surface area contributed by atoms with E-state index in [1.54, 1.807) is 0 Å². The number of imide groups is 1. The van der Waals surface area contributed by atoms with Crippen LogP contribution in [-0.4, -0.2) is 87.9 Å². The van der Waals surface area contributed by atoms with Crippen LogP contribution in [0.2, 0.25) is 0 Å². The summed E-state index contributed by atoms with van der Waals surface area (Å²) in [5, 5.41) is 20.7. The topological polar surface area (TPSA) is 174 Å². The molecular formula is C22H31N5O7S. The lowest BCUT2D eigenvalue weighted by Crippen LogP contribution is -2.43. The summed E-state index contributed by atoms with van der Waals surface area (Å²) < 4.78 is 0. The molecule has 0 saturated carbocycles. The molecule has 0 aromatic heterocycles. The van der Waals surface area contributed by atoms with E-state index in [0.29, 0.717) is 24.6 Å². The van der Waals surface area contributed by atoms with Gasteiger partial charge in [-0.2, -0.15) is 11.8 Å². The van der Waals surface area contributed by atoms with Gasteiger partial charge in [0.2, 0.25) is 11.8 Å². The minimum absolute atomic E-state index is 0.109. The van der Waals surface area contributed by atoms with Gasteiger partial charge in [0.05, 0.1) is 12.1 Å². The molecule has 3 aliphatic heterocycles. The Morgan fingerprint density at radius 1 is 1.06 bits per heavy atom. The molecule has 2 fully saturated rings. The molecule has 0 aliphatic carbocycles. The molecule has 12 nitrogen and oxygen atoms in total. The third-order valence-corrected chi connectivity index (χ3v) is 7.68. The Labute approximate surface area is 207 Å². The van der Waals surface area contributed by atoms with E-state index >= 15 is 0 Å². The second kappa shape index (κ2) is 12.6. The second-order valence-corrected chi connectivity index (χ2v) is 10.0. The highest BCUT2D eigenvalue weighted by Crippen LogP contribution is 2.33. The monoisotopic (exact) mass is 509 g/mol. The van der Waals surface area contributed by atoms with Crippen LogP contribution in [0.15, 0.2) is 12.2 Å². The number of carboxylic acids is 1. The molecule has 3 aliphatic rings. The van der Waals surface area contributed by atoms with Crippen LogP contribution in [0.1, 0.15) is 44.9 Å². The highest BCUT2D eigenvalue weighted by molar-refractivity contribution is 8.00. The number of rotatable bonds is 14. The quantitative estimate of drug-likeness (QED) is 0.118. The van der Waals surface area contributed by atoms with E-state index < -0.39 is 29.7 Å². The fourth-order valence-electron chi connectivity index (χ4n) is 4.29. The zero-order valence-corrected chi connectivity index (χ0v) is 20.1. The SMILES string of the molecule is O=C(CCCC[C@@H]1SC[C@@H]2NC(=O)N[C@@H]21)NCCCC(NC(=O)CCN1C(=O)C=CC1=O)C(=O)O. The fourth-order valence-corrected chi connectivity index (χ4v) is 5.83. The lowest BCUT2D eigenvalue weighted by atomic mass is 10.0. The number of nitrogens with one attached hydrogen (secondary N) is 4. The van der Waals surface area contributed by atoms with Crippen molar-refractivity contribution in [1.29, 1.82) is 0 Å². The van der Waals surface area contributed by atoms with Crippen molar-refractivity contribution < 1.29 is 33.9 Å². The number of nitrogens with zero attached hydrogens (tertiary/aromatic N) is 1. The van der Waals surface area contributed by atoms with Crippen LogP contribution in [0, 0.1) is 0 Å². The van der Waals surface area contributed by atoms with Gasteiger partial charge < -0.3 is 26.4 Å². The summed E-state index contributed by atoms with van der Waals surface area (Å²) in [6.07, 6.45) is 5.45. The van der Waals surface area contributed by atoms with E-state index in [9.17, 15) is 33.9 Å². The maximum atomic E-state index is 12.1. The van der Waals surface area contributed by atoms with Crippen molar-refractivity contribution >= 4 is 47.4 Å². The number of carboxylic acid groups (broad SMARTS) is 1. The zero-order chi connectivity index (χ0) is 25.4. The van der Waals surface area contributed by atoms with E-state index in [4.69, 9.17) is 0 Å². The first-order chi connectivity index (χ1) is 16.7. The van der Waals surface area contributed by atoms with Crippen LogP contribution in [-0.2, 0) is 24.0 Å². The van der Waals surface area contributed by atoms with Gasteiger partial charge in [-0.1, -0.05) is 6.42 Å². The molecule has 0 radical (unpaired) electrons. The minimum Gasteiger partial charge on any atom is -0.480 e. The smallest absolute Gasteiger partial charge is 0.326 e. The van der Waals surface area contributed by atoms with Crippen molar-refractivity contribution in [3.05, 3.63) is 12.2 Å². The minimum atomic E-state index is -1.19. The molecule has 6 amide bonds. The standard InChI is InChI=1S/C22H31N5O7S/c28-16(6-2-1-5-15-20-14(12-35-15)25-22(34)26-20)23-10-3-4-13(21(32)33)24-17(29)9-11-27-18(30)7-8-19(27)31/h7-8,13-15,20H,1-6,9-12H2,(H,23,28)(H,24,29)(H,32,33)(H2,25,26,34)/t13?,14-,15-,20-/m0/s1. The number of aliphatic carboxylic acids is 1. The Hall–Kier alpha value is -3.09. The van der Waals surface area contributed by atoms with Crippen molar-refractivity contribution in [2.45, 2.75) is 68.3 Å². The summed E-state index contributed by atoms with van der Waals surface area (Å²) >= 11 is 1.84. The number of hydrogen-bond donors (Lipinski definition) is 5. The summed E-state index contributed by atoms with van der Waals surface area (Å²) in [5.41, 5.74) is 0. The zero-order valence-electron chi connectivity index (χ0n) is 19.3. The summed E-state index contributed by atoms with van der Waals surface area (Å²) in [6, 6.07) is -0.884. The molecule has 0 aromatic carbocycles. The normalized spacial score (nSPS) is 23.6. The van der Waals surface area contributed by atoms with E-state index in [1.807, 2.05) is 11.8 Å². The van der Waals surface area contributed by atoms with Gasteiger partial charge in [0.15, 0.2) is 0 Å². The molecule has 5 N–H and O–H groups in total. The van der Waals surface area contributed by atoms with Crippen LogP contribution < -0.4 is 21.3 Å². The molecule has 35 heavy (non-hydrogen) atoms. The Kier molecular flexibility index (Phi) is 9.52. The van der Waals surface area contributed by atoms with Crippen LogP contribution in [0.5, 0.6) is 0 Å². The summed E-state index contributed by atoms with van der Waals surface area (Å²) in [5.74, 6) is -1.98. The lowest BCUT2D eigenvalue weighted by Gasteiger charge is -2.17. The number of thioether (sulfide) groups is 1. The van der Waals surface area contributed by atoms with Gasteiger partial charge in [0.25, 0.3) is 11.8 Å². The molecule has 192 valence electrons. The van der Waals surface area contributed by atoms with Crippen molar-refractivity contribution in [3.63, 3.8) is 0 Å². The first-order valence-corrected chi connectivity index (χ1v) is 12.8. The van der Waals surface area contributed by atoms with E-state index in [2.05, 4.69) is 21.3 Å². The molecule has 3 rings (SSSR count). The predicted molar refractivity (Wildman–Crippen MR) is 126 cm³/mol. The van der Waals surface area contributed by atoms with Crippen LogP contribution in [0.25, 0.3) is 0 Å². The maximum Gasteiger partial charge on any atom is 0.326 e. The summed E-state index contributed by atoms with van der Waals surface area (Å²) in [7, 11) is 0. The molecule has 2 saturated heterocycles. The van der Waals surface area contributed by atoms with Crippen LogP contribution in [0.3, 0.4) is 0 Å². The summed E-state index contributed by atoms with van der Waals surface area (Å²) in [6.45, 7) is 0.173. The van der Waals surface area contributed by atoms with Crippen molar-refractivity contribution in [3.8, 4) is 0 Å². The van der Waals surface area contributed by atoms with Gasteiger partial charge in [-0.05, 0) is 25.7 Å². The Morgan fingerprint density at radius 3 is 2.51 bits per heavy atom. The highest BCUT2D eigenvalue weighted by atomic mass is 32.2. The first-order valence-electron chi connectivity index (χ1n) is 11.8. The van der Waals surface area contributed by atoms with Gasteiger partial charge in [0.1, 0.15) is 6.04 Å². The Bertz CT molecular complexity index is 877. The third kappa shape index (κ3) is 7.70. The number of amides is 6. The van der Waals surface area contributed by atoms with Gasteiger partial charge in [0, 0.05) is 49.1 Å².